The fourth-order valence-electron chi connectivity index (χ4n) is 0.988. The molecule has 84 valence electrons. The minimum atomic E-state index is 0.369. The van der Waals surface area contributed by atoms with Gasteiger partial charge in [-0.2, -0.15) is 5.10 Å². The van der Waals surface area contributed by atoms with E-state index >= 15 is 0 Å². The molecule has 0 bridgehead atoms. The highest BCUT2D eigenvalue weighted by atomic mass is 35.5. The fraction of sp³-hybridized carbons (Fsp3) is 0.273. The Hall–Kier alpha value is -1.55. The van der Waals surface area contributed by atoms with E-state index < -0.39 is 0 Å². The molecule has 0 aliphatic heterocycles. The molecule has 16 heavy (non-hydrogen) atoms. The highest BCUT2D eigenvalue weighted by Gasteiger charge is 2.01. The van der Waals surface area contributed by atoms with Crippen molar-refractivity contribution in [3.8, 4) is 11.4 Å². The van der Waals surface area contributed by atoms with Crippen LogP contribution in [0, 0.1) is 6.92 Å². The molecule has 5 heteroatoms. The molecule has 0 spiro atoms. The third-order valence-corrected chi connectivity index (χ3v) is 1.89. The van der Waals surface area contributed by atoms with Crippen molar-refractivity contribution in [2.45, 2.75) is 20.8 Å². The quantitative estimate of drug-likeness (QED) is 0.764. The van der Waals surface area contributed by atoms with Crippen LogP contribution in [-0.4, -0.2) is 20.4 Å². The van der Waals surface area contributed by atoms with Gasteiger partial charge < -0.3 is 0 Å². The number of nitrogens with zero attached hydrogens (tertiary/aromatic N) is 4. The summed E-state index contributed by atoms with van der Waals surface area (Å²) >= 11 is 5.61. The minimum Gasteiger partial charge on any atom is -0.155 e. The zero-order valence-electron chi connectivity index (χ0n) is 9.48. The molecule has 0 aliphatic rings. The Kier molecular flexibility index (Phi) is 4.79. The Balaban J connectivity index is 0.000000606. The van der Waals surface area contributed by atoms with Crippen molar-refractivity contribution >= 4 is 11.6 Å². The van der Waals surface area contributed by atoms with Crippen LogP contribution in [0.3, 0.4) is 0 Å². The van der Waals surface area contributed by atoms with E-state index in [4.69, 9.17) is 11.6 Å². The van der Waals surface area contributed by atoms with Crippen molar-refractivity contribution in [1.29, 1.82) is 0 Å². The van der Waals surface area contributed by atoms with E-state index in [-0.39, 0.29) is 0 Å². The Morgan fingerprint density at radius 3 is 1.81 bits per heavy atom. The molecule has 2 heterocycles. The molecule has 0 N–H and O–H groups in total. The largest absolute Gasteiger partial charge is 0.155 e. The summed E-state index contributed by atoms with van der Waals surface area (Å²) in [4.78, 5) is 0. The topological polar surface area (TPSA) is 51.6 Å². The Morgan fingerprint density at radius 2 is 1.38 bits per heavy atom. The summed E-state index contributed by atoms with van der Waals surface area (Å²) in [6.07, 6.45) is 0. The van der Waals surface area contributed by atoms with Crippen molar-refractivity contribution in [1.82, 2.24) is 20.4 Å². The summed E-state index contributed by atoms with van der Waals surface area (Å²) in [7, 11) is 0. The molecule has 0 fully saturated rings. The highest BCUT2D eigenvalue weighted by Crippen LogP contribution is 2.13. The van der Waals surface area contributed by atoms with Crippen molar-refractivity contribution in [2.75, 3.05) is 0 Å². The Bertz CT molecular complexity index is 381. The first-order valence-electron chi connectivity index (χ1n) is 5.05. The van der Waals surface area contributed by atoms with Crippen LogP contribution >= 0.6 is 11.6 Å². The summed E-state index contributed by atoms with van der Waals surface area (Å²) in [6.45, 7) is 5.88. The molecular formula is C11H13ClN4. The molecule has 4 nitrogen and oxygen atoms in total. The summed E-state index contributed by atoms with van der Waals surface area (Å²) < 4.78 is 0. The number of rotatable bonds is 1. The predicted molar refractivity (Wildman–Crippen MR) is 64.2 cm³/mol. The lowest BCUT2D eigenvalue weighted by atomic mass is 10.2. The van der Waals surface area contributed by atoms with Gasteiger partial charge in [-0.15, -0.1) is 15.3 Å². The van der Waals surface area contributed by atoms with E-state index in [1.165, 1.54) is 0 Å². The van der Waals surface area contributed by atoms with Crippen LogP contribution in [0.25, 0.3) is 11.4 Å². The maximum absolute atomic E-state index is 5.61. The fourth-order valence-corrected chi connectivity index (χ4v) is 1.09. The summed E-state index contributed by atoms with van der Waals surface area (Å²) in [6, 6.07) is 7.15. The highest BCUT2D eigenvalue weighted by molar-refractivity contribution is 6.29. The molecule has 0 saturated heterocycles. The maximum Gasteiger partial charge on any atom is 0.151 e. The van der Waals surface area contributed by atoms with Gasteiger partial charge in [0.1, 0.15) is 11.4 Å². The normalized spacial score (nSPS) is 9.25. The third-order valence-electron chi connectivity index (χ3n) is 1.69. The minimum absolute atomic E-state index is 0.369. The zero-order valence-corrected chi connectivity index (χ0v) is 10.2. The monoisotopic (exact) mass is 236 g/mol. The van der Waals surface area contributed by atoms with Crippen LogP contribution in [0.15, 0.2) is 24.3 Å². The van der Waals surface area contributed by atoms with E-state index in [2.05, 4.69) is 20.4 Å². The van der Waals surface area contributed by atoms with Gasteiger partial charge in [-0.25, -0.2) is 0 Å². The van der Waals surface area contributed by atoms with E-state index in [0.29, 0.717) is 16.5 Å². The van der Waals surface area contributed by atoms with E-state index in [0.717, 1.165) is 5.69 Å². The number of hydrogen-bond acceptors (Lipinski definition) is 4. The number of aromatic nitrogens is 4. The SMILES string of the molecule is CC.Cc1ccc(-c2ccc(Cl)nn2)nn1. The summed E-state index contributed by atoms with van der Waals surface area (Å²) in [5.41, 5.74) is 2.23. The number of hydrogen-bond donors (Lipinski definition) is 0. The molecule has 0 atom stereocenters. The van der Waals surface area contributed by atoms with Gasteiger partial charge in [-0.1, -0.05) is 25.4 Å². The second-order valence-corrected chi connectivity index (χ2v) is 3.19. The van der Waals surface area contributed by atoms with Crippen molar-refractivity contribution in [3.05, 3.63) is 35.1 Å². The zero-order chi connectivity index (χ0) is 12.0. The maximum atomic E-state index is 5.61. The Morgan fingerprint density at radius 1 is 0.812 bits per heavy atom. The van der Waals surface area contributed by atoms with Crippen LogP contribution in [-0.2, 0) is 0 Å². The molecule has 0 saturated carbocycles. The average Bonchev–Trinajstić information content (AvgIpc) is 2.34. The molecule has 0 aromatic carbocycles. The second-order valence-electron chi connectivity index (χ2n) is 2.80. The molecule has 0 radical (unpaired) electrons. The summed E-state index contributed by atoms with van der Waals surface area (Å²) in [5.74, 6) is 0. The van der Waals surface area contributed by atoms with Gasteiger partial charge in [0.15, 0.2) is 5.15 Å². The van der Waals surface area contributed by atoms with Gasteiger partial charge in [0.2, 0.25) is 0 Å². The number of aryl methyl sites for hydroxylation is 1. The first-order valence-corrected chi connectivity index (χ1v) is 5.43. The molecule has 0 aliphatic carbocycles. The van der Waals surface area contributed by atoms with Gasteiger partial charge in [-0.05, 0) is 31.2 Å². The van der Waals surface area contributed by atoms with Gasteiger partial charge in [0, 0.05) is 0 Å². The van der Waals surface area contributed by atoms with Crippen molar-refractivity contribution in [3.63, 3.8) is 0 Å². The number of halogens is 1. The lowest BCUT2D eigenvalue weighted by Gasteiger charge is -1.97. The molecular weight excluding hydrogens is 224 g/mol. The lowest BCUT2D eigenvalue weighted by molar-refractivity contribution is 0.961. The standard InChI is InChI=1S/C9H7ClN4.C2H6/c1-6-2-3-7(12-11-6)8-4-5-9(10)14-13-8;1-2/h2-5H,1H3;1-2H3. The van der Waals surface area contributed by atoms with Crippen molar-refractivity contribution in [2.24, 2.45) is 0 Å². The van der Waals surface area contributed by atoms with Crippen LogP contribution in [0.1, 0.15) is 19.5 Å². The van der Waals surface area contributed by atoms with E-state index in [1.807, 2.05) is 32.9 Å². The average molecular weight is 237 g/mol. The van der Waals surface area contributed by atoms with E-state index in [1.54, 1.807) is 12.1 Å². The molecule has 2 rings (SSSR count). The van der Waals surface area contributed by atoms with Crippen LogP contribution in [0.4, 0.5) is 0 Å². The van der Waals surface area contributed by atoms with Gasteiger partial charge in [0.05, 0.1) is 5.69 Å². The lowest BCUT2D eigenvalue weighted by Crippen LogP contribution is -1.93. The van der Waals surface area contributed by atoms with Gasteiger partial charge in [-0.3, -0.25) is 0 Å². The van der Waals surface area contributed by atoms with Crippen molar-refractivity contribution < 1.29 is 0 Å². The molecule has 2 aromatic rings. The van der Waals surface area contributed by atoms with Gasteiger partial charge >= 0.3 is 0 Å². The summed E-state index contributed by atoms with van der Waals surface area (Å²) in [5, 5.41) is 15.9. The van der Waals surface area contributed by atoms with E-state index in [9.17, 15) is 0 Å². The first-order chi connectivity index (χ1) is 7.75. The third kappa shape index (κ3) is 3.24. The molecule has 0 unspecified atom stereocenters. The first kappa shape index (κ1) is 12.5. The van der Waals surface area contributed by atoms with Crippen LogP contribution < -0.4 is 0 Å². The van der Waals surface area contributed by atoms with Crippen LogP contribution in [0.5, 0.6) is 0 Å². The molecule has 2 aromatic heterocycles. The van der Waals surface area contributed by atoms with Gasteiger partial charge in [0.25, 0.3) is 0 Å². The molecule has 0 amide bonds. The Labute approximate surface area is 99.7 Å². The van der Waals surface area contributed by atoms with Crippen LogP contribution in [0.2, 0.25) is 5.15 Å². The smallest absolute Gasteiger partial charge is 0.151 e. The predicted octanol–water partition coefficient (Wildman–Crippen LogP) is 2.92. The second kappa shape index (κ2) is 6.12.